The highest BCUT2D eigenvalue weighted by Gasteiger charge is 2.21. The normalized spacial score (nSPS) is 12.7. The average Bonchev–Trinajstić information content (AvgIpc) is 2.44. The van der Waals surface area contributed by atoms with Gasteiger partial charge in [-0.2, -0.15) is 0 Å². The van der Waals surface area contributed by atoms with Crippen molar-refractivity contribution in [2.45, 2.75) is 77.7 Å². The molecule has 0 aliphatic carbocycles. The lowest BCUT2D eigenvalue weighted by atomic mass is 9.98. The average molecular weight is 271 g/mol. The number of aliphatic hydroxyl groups is 1. The van der Waals surface area contributed by atoms with Crippen molar-refractivity contribution in [3.8, 4) is 0 Å². The van der Waals surface area contributed by atoms with Crippen LogP contribution in [0, 0.1) is 0 Å². The van der Waals surface area contributed by atoms with Gasteiger partial charge in [-0.15, -0.1) is 0 Å². The second-order valence-corrected chi connectivity index (χ2v) is 5.33. The molecule has 0 aromatic carbocycles. The molecule has 0 heterocycles. The number of guanidine groups is 1. The number of rotatable bonds is 11. The van der Waals surface area contributed by atoms with E-state index in [1.807, 2.05) is 13.8 Å². The van der Waals surface area contributed by atoms with E-state index in [0.717, 1.165) is 13.0 Å². The Bertz CT molecular complexity index is 238. The number of aliphatic imine (C=N–C) groups is 1. The summed E-state index contributed by atoms with van der Waals surface area (Å²) >= 11 is 0. The SMILES string of the molecule is CCCCCCCCNC(N)=NCC(O)(CC)CC. The third-order valence-electron chi connectivity index (χ3n) is 3.70. The Hall–Kier alpha value is -0.770. The molecule has 0 bridgehead atoms. The van der Waals surface area contributed by atoms with E-state index in [4.69, 9.17) is 5.73 Å². The fourth-order valence-corrected chi connectivity index (χ4v) is 1.88. The molecule has 0 aliphatic rings. The van der Waals surface area contributed by atoms with Gasteiger partial charge in [0.25, 0.3) is 0 Å². The molecular formula is C15H33N3O. The van der Waals surface area contributed by atoms with Crippen molar-refractivity contribution < 1.29 is 5.11 Å². The van der Waals surface area contributed by atoms with E-state index >= 15 is 0 Å². The van der Waals surface area contributed by atoms with Gasteiger partial charge in [0.05, 0.1) is 12.1 Å². The summed E-state index contributed by atoms with van der Waals surface area (Å²) < 4.78 is 0. The summed E-state index contributed by atoms with van der Waals surface area (Å²) in [6.07, 6.45) is 9.05. The zero-order valence-corrected chi connectivity index (χ0v) is 13.0. The molecule has 19 heavy (non-hydrogen) atoms. The van der Waals surface area contributed by atoms with Gasteiger partial charge in [-0.3, -0.25) is 4.99 Å². The maximum Gasteiger partial charge on any atom is 0.188 e. The Morgan fingerprint density at radius 2 is 1.63 bits per heavy atom. The van der Waals surface area contributed by atoms with Gasteiger partial charge in [0.15, 0.2) is 5.96 Å². The van der Waals surface area contributed by atoms with Crippen molar-refractivity contribution in [1.82, 2.24) is 5.32 Å². The molecule has 0 saturated heterocycles. The van der Waals surface area contributed by atoms with E-state index in [9.17, 15) is 5.11 Å². The van der Waals surface area contributed by atoms with Gasteiger partial charge in [0.1, 0.15) is 0 Å². The summed E-state index contributed by atoms with van der Waals surface area (Å²) in [4.78, 5) is 4.22. The standard InChI is InChI=1S/C15H33N3O/c1-4-7-8-9-10-11-12-17-14(16)18-13-15(19,5-2)6-3/h19H,4-13H2,1-3H3,(H3,16,17,18). The van der Waals surface area contributed by atoms with Crippen molar-refractivity contribution in [2.75, 3.05) is 13.1 Å². The molecule has 0 amide bonds. The first-order valence-corrected chi connectivity index (χ1v) is 7.84. The quantitative estimate of drug-likeness (QED) is 0.307. The third-order valence-corrected chi connectivity index (χ3v) is 3.70. The number of nitrogens with zero attached hydrogens (tertiary/aromatic N) is 1. The number of hydrogen-bond acceptors (Lipinski definition) is 2. The molecule has 4 nitrogen and oxygen atoms in total. The maximum absolute atomic E-state index is 10.1. The molecule has 0 spiro atoms. The van der Waals surface area contributed by atoms with Crippen LogP contribution in [0.3, 0.4) is 0 Å². The van der Waals surface area contributed by atoms with Crippen LogP contribution in [-0.4, -0.2) is 29.8 Å². The number of hydrogen-bond donors (Lipinski definition) is 3. The Morgan fingerprint density at radius 1 is 1.05 bits per heavy atom. The summed E-state index contributed by atoms with van der Waals surface area (Å²) in [6, 6.07) is 0. The Labute approximate surface area is 118 Å². The predicted molar refractivity (Wildman–Crippen MR) is 83.4 cm³/mol. The molecule has 4 N–H and O–H groups in total. The molecule has 114 valence electrons. The molecule has 0 atom stereocenters. The minimum absolute atomic E-state index is 0.384. The van der Waals surface area contributed by atoms with E-state index < -0.39 is 5.60 Å². The highest BCUT2D eigenvalue weighted by Crippen LogP contribution is 2.14. The zero-order chi connectivity index (χ0) is 14.6. The van der Waals surface area contributed by atoms with Gasteiger partial charge in [0, 0.05) is 6.54 Å². The smallest absolute Gasteiger partial charge is 0.188 e. The van der Waals surface area contributed by atoms with Gasteiger partial charge in [0.2, 0.25) is 0 Å². The lowest BCUT2D eigenvalue weighted by Crippen LogP contribution is -2.36. The minimum atomic E-state index is -0.702. The fourth-order valence-electron chi connectivity index (χ4n) is 1.88. The van der Waals surface area contributed by atoms with Gasteiger partial charge in [-0.25, -0.2) is 0 Å². The Morgan fingerprint density at radius 3 is 2.21 bits per heavy atom. The van der Waals surface area contributed by atoms with Crippen LogP contribution in [0.1, 0.15) is 72.1 Å². The molecule has 0 aromatic heterocycles. The number of nitrogens with two attached hydrogens (primary N) is 1. The van der Waals surface area contributed by atoms with Crippen LogP contribution in [0.15, 0.2) is 4.99 Å². The lowest BCUT2D eigenvalue weighted by Gasteiger charge is -2.22. The van der Waals surface area contributed by atoms with Crippen LogP contribution in [0.4, 0.5) is 0 Å². The van der Waals surface area contributed by atoms with Gasteiger partial charge < -0.3 is 16.2 Å². The summed E-state index contributed by atoms with van der Waals surface area (Å²) in [6.45, 7) is 7.43. The summed E-state index contributed by atoms with van der Waals surface area (Å²) in [5, 5.41) is 13.2. The predicted octanol–water partition coefficient (Wildman–Crippen LogP) is 2.80. The number of unbranched alkanes of at least 4 members (excludes halogenated alkanes) is 5. The maximum atomic E-state index is 10.1. The fraction of sp³-hybridized carbons (Fsp3) is 0.933. The van der Waals surface area contributed by atoms with Gasteiger partial charge in [-0.05, 0) is 19.3 Å². The van der Waals surface area contributed by atoms with Crippen LogP contribution < -0.4 is 11.1 Å². The summed E-state index contributed by atoms with van der Waals surface area (Å²) in [5.74, 6) is 0.453. The first kappa shape index (κ1) is 18.2. The van der Waals surface area contributed by atoms with Gasteiger partial charge >= 0.3 is 0 Å². The van der Waals surface area contributed by atoms with Crippen molar-refractivity contribution in [3.05, 3.63) is 0 Å². The lowest BCUT2D eigenvalue weighted by molar-refractivity contribution is 0.0418. The third kappa shape index (κ3) is 9.77. The topological polar surface area (TPSA) is 70.6 Å². The largest absolute Gasteiger partial charge is 0.388 e. The Balaban J connectivity index is 3.65. The molecule has 0 radical (unpaired) electrons. The molecular weight excluding hydrogens is 238 g/mol. The molecule has 0 aliphatic heterocycles. The van der Waals surface area contributed by atoms with Gasteiger partial charge in [-0.1, -0.05) is 52.9 Å². The second kappa shape index (κ2) is 11.1. The molecule has 0 saturated carbocycles. The highest BCUT2D eigenvalue weighted by atomic mass is 16.3. The van der Waals surface area contributed by atoms with Crippen LogP contribution in [0.2, 0.25) is 0 Å². The summed E-state index contributed by atoms with van der Waals surface area (Å²) in [5.41, 5.74) is 5.08. The molecule has 4 heteroatoms. The molecule has 0 fully saturated rings. The van der Waals surface area contributed by atoms with Crippen LogP contribution >= 0.6 is 0 Å². The van der Waals surface area contributed by atoms with E-state index in [1.54, 1.807) is 0 Å². The van der Waals surface area contributed by atoms with Crippen molar-refractivity contribution >= 4 is 5.96 Å². The first-order chi connectivity index (χ1) is 9.08. The molecule has 0 rings (SSSR count). The van der Waals surface area contributed by atoms with Crippen molar-refractivity contribution in [3.63, 3.8) is 0 Å². The van der Waals surface area contributed by atoms with E-state index in [1.165, 1.54) is 32.1 Å². The molecule has 0 aromatic rings. The Kier molecular flexibility index (Phi) is 10.6. The van der Waals surface area contributed by atoms with E-state index in [0.29, 0.717) is 25.3 Å². The monoisotopic (exact) mass is 271 g/mol. The second-order valence-electron chi connectivity index (χ2n) is 5.33. The highest BCUT2D eigenvalue weighted by molar-refractivity contribution is 5.77. The van der Waals surface area contributed by atoms with E-state index in [-0.39, 0.29) is 0 Å². The molecule has 0 unspecified atom stereocenters. The van der Waals surface area contributed by atoms with Crippen LogP contribution in [0.25, 0.3) is 0 Å². The van der Waals surface area contributed by atoms with Crippen molar-refractivity contribution in [1.29, 1.82) is 0 Å². The van der Waals surface area contributed by atoms with Crippen LogP contribution in [-0.2, 0) is 0 Å². The zero-order valence-electron chi connectivity index (χ0n) is 13.0. The minimum Gasteiger partial charge on any atom is -0.388 e. The van der Waals surface area contributed by atoms with Crippen LogP contribution in [0.5, 0.6) is 0 Å². The first-order valence-electron chi connectivity index (χ1n) is 7.84. The number of nitrogens with one attached hydrogen (secondary N) is 1. The van der Waals surface area contributed by atoms with E-state index in [2.05, 4.69) is 17.2 Å². The van der Waals surface area contributed by atoms with Crippen molar-refractivity contribution in [2.24, 2.45) is 10.7 Å². The summed E-state index contributed by atoms with van der Waals surface area (Å²) in [7, 11) is 0.